The van der Waals surface area contributed by atoms with Crippen molar-refractivity contribution in [3.05, 3.63) is 76.3 Å². The molecule has 0 fully saturated rings. The molecule has 1 aromatic carbocycles. The number of hydrogen-bond acceptors (Lipinski definition) is 4. The second-order valence-corrected chi connectivity index (χ2v) is 7.45. The molecule has 0 bridgehead atoms. The number of aromatic nitrogens is 6. The van der Waals surface area contributed by atoms with Crippen LogP contribution in [0.3, 0.4) is 0 Å². The Morgan fingerprint density at radius 2 is 1.82 bits per heavy atom. The summed E-state index contributed by atoms with van der Waals surface area (Å²) < 4.78 is 18.3. The zero-order chi connectivity index (χ0) is 19.7. The Morgan fingerprint density at radius 3 is 2.50 bits per heavy atom. The molecule has 0 radical (unpaired) electrons. The van der Waals surface area contributed by atoms with Gasteiger partial charge in [-0.2, -0.15) is 5.10 Å². The molecule has 0 saturated heterocycles. The Morgan fingerprint density at radius 1 is 1.04 bits per heavy atom. The van der Waals surface area contributed by atoms with Gasteiger partial charge in [-0.15, -0.1) is 5.10 Å². The van der Waals surface area contributed by atoms with Crippen molar-refractivity contribution in [2.75, 3.05) is 0 Å². The molecule has 28 heavy (non-hydrogen) atoms. The van der Waals surface area contributed by atoms with Crippen molar-refractivity contribution in [3.63, 3.8) is 0 Å². The van der Waals surface area contributed by atoms with Gasteiger partial charge in [-0.3, -0.25) is 9.67 Å². The zero-order valence-electron chi connectivity index (χ0n) is 15.5. The molecule has 3 aromatic heterocycles. The quantitative estimate of drug-likeness (QED) is 0.464. The standard InChI is InChI=1S/C20H18BrFN6/c1-13-9-14(2)27(25-13)8-7-19-24-20(15-10-17(22)12-23-11-15)26-28(19)18-5-3-16(21)4-6-18/h3-6,9-12H,7-8H2,1-2H3. The van der Waals surface area contributed by atoms with Crippen LogP contribution in [-0.4, -0.2) is 29.5 Å². The average Bonchev–Trinajstić information content (AvgIpc) is 3.23. The van der Waals surface area contributed by atoms with Gasteiger partial charge in [0.15, 0.2) is 5.82 Å². The third-order valence-corrected chi connectivity index (χ3v) is 4.89. The van der Waals surface area contributed by atoms with Crippen LogP contribution in [0.25, 0.3) is 17.1 Å². The molecule has 0 spiro atoms. The number of aryl methyl sites for hydroxylation is 4. The van der Waals surface area contributed by atoms with E-state index in [9.17, 15) is 4.39 Å². The van der Waals surface area contributed by atoms with Crippen LogP contribution >= 0.6 is 15.9 Å². The molecule has 4 rings (SSSR count). The summed E-state index contributed by atoms with van der Waals surface area (Å²) in [6.45, 7) is 4.68. The fourth-order valence-electron chi connectivity index (χ4n) is 3.06. The van der Waals surface area contributed by atoms with E-state index in [1.54, 1.807) is 10.9 Å². The number of benzene rings is 1. The molecule has 8 heteroatoms. The van der Waals surface area contributed by atoms with Crippen molar-refractivity contribution in [1.29, 1.82) is 0 Å². The van der Waals surface area contributed by atoms with E-state index in [0.29, 0.717) is 24.4 Å². The monoisotopic (exact) mass is 440 g/mol. The molecule has 0 atom stereocenters. The van der Waals surface area contributed by atoms with Crippen LogP contribution in [0, 0.1) is 19.7 Å². The summed E-state index contributed by atoms with van der Waals surface area (Å²) in [6, 6.07) is 11.2. The first-order valence-electron chi connectivity index (χ1n) is 8.83. The van der Waals surface area contributed by atoms with Gasteiger partial charge in [0, 0.05) is 34.9 Å². The first-order valence-corrected chi connectivity index (χ1v) is 9.63. The van der Waals surface area contributed by atoms with Gasteiger partial charge in [0.2, 0.25) is 0 Å². The largest absolute Gasteiger partial charge is 0.269 e. The Labute approximate surface area is 170 Å². The molecular formula is C20H18BrFN6. The smallest absolute Gasteiger partial charge is 0.183 e. The van der Waals surface area contributed by atoms with Crippen LogP contribution in [0.5, 0.6) is 0 Å². The number of rotatable bonds is 5. The number of halogens is 2. The van der Waals surface area contributed by atoms with Crippen LogP contribution in [0.2, 0.25) is 0 Å². The van der Waals surface area contributed by atoms with Gasteiger partial charge in [0.1, 0.15) is 11.6 Å². The first-order chi connectivity index (χ1) is 13.5. The topological polar surface area (TPSA) is 61.4 Å². The van der Waals surface area contributed by atoms with E-state index in [-0.39, 0.29) is 0 Å². The minimum atomic E-state index is -0.415. The predicted octanol–water partition coefficient (Wildman–Crippen LogP) is 4.29. The molecule has 3 heterocycles. The normalized spacial score (nSPS) is 11.1. The molecule has 0 unspecified atom stereocenters. The molecule has 0 aliphatic heterocycles. The van der Waals surface area contributed by atoms with Crippen molar-refractivity contribution in [1.82, 2.24) is 29.5 Å². The second kappa shape index (κ2) is 7.63. The Bertz CT molecular complexity index is 1120. The van der Waals surface area contributed by atoms with Crippen LogP contribution in [0.4, 0.5) is 4.39 Å². The summed E-state index contributed by atoms with van der Waals surface area (Å²) in [5.74, 6) is 0.800. The van der Waals surface area contributed by atoms with E-state index >= 15 is 0 Å². The summed E-state index contributed by atoms with van der Waals surface area (Å²) >= 11 is 3.45. The van der Waals surface area contributed by atoms with E-state index in [0.717, 1.165) is 27.4 Å². The van der Waals surface area contributed by atoms with E-state index in [4.69, 9.17) is 0 Å². The highest BCUT2D eigenvalue weighted by atomic mass is 79.9. The first kappa shape index (κ1) is 18.5. The Kier molecular flexibility index (Phi) is 5.04. The lowest BCUT2D eigenvalue weighted by atomic mass is 10.3. The lowest BCUT2D eigenvalue weighted by Crippen LogP contribution is -2.10. The number of hydrogen-bond donors (Lipinski definition) is 0. The lowest BCUT2D eigenvalue weighted by molar-refractivity contribution is 0.574. The summed E-state index contributed by atoms with van der Waals surface area (Å²) in [4.78, 5) is 8.57. The van der Waals surface area contributed by atoms with Crippen molar-refractivity contribution < 1.29 is 4.39 Å². The number of pyridine rings is 1. The van der Waals surface area contributed by atoms with E-state index in [1.807, 2.05) is 48.9 Å². The maximum atomic E-state index is 13.6. The molecule has 4 aromatic rings. The van der Waals surface area contributed by atoms with Gasteiger partial charge in [-0.1, -0.05) is 15.9 Å². The Hall–Kier alpha value is -2.87. The second-order valence-electron chi connectivity index (χ2n) is 6.53. The third-order valence-electron chi connectivity index (χ3n) is 4.36. The molecule has 0 saturated carbocycles. The van der Waals surface area contributed by atoms with Gasteiger partial charge in [0.05, 0.1) is 17.6 Å². The van der Waals surface area contributed by atoms with Gasteiger partial charge < -0.3 is 0 Å². The van der Waals surface area contributed by atoms with Crippen LogP contribution in [0.15, 0.2) is 53.3 Å². The molecule has 0 amide bonds. The maximum absolute atomic E-state index is 13.6. The van der Waals surface area contributed by atoms with Crippen molar-refractivity contribution in [3.8, 4) is 17.1 Å². The van der Waals surface area contributed by atoms with E-state index in [1.165, 1.54) is 12.3 Å². The minimum absolute atomic E-state index is 0.415. The Balaban J connectivity index is 1.72. The van der Waals surface area contributed by atoms with Crippen molar-refractivity contribution in [2.24, 2.45) is 0 Å². The van der Waals surface area contributed by atoms with Crippen molar-refractivity contribution >= 4 is 15.9 Å². The van der Waals surface area contributed by atoms with Gasteiger partial charge in [-0.25, -0.2) is 14.1 Å². The fourth-order valence-corrected chi connectivity index (χ4v) is 3.32. The maximum Gasteiger partial charge on any atom is 0.183 e. The van der Waals surface area contributed by atoms with E-state index in [2.05, 4.69) is 36.1 Å². The zero-order valence-corrected chi connectivity index (χ0v) is 17.1. The average molecular weight is 441 g/mol. The fraction of sp³-hybridized carbons (Fsp3) is 0.200. The van der Waals surface area contributed by atoms with E-state index < -0.39 is 5.82 Å². The molecule has 142 valence electrons. The summed E-state index contributed by atoms with van der Waals surface area (Å²) in [7, 11) is 0. The SMILES string of the molecule is Cc1cc(C)n(CCc2nc(-c3cncc(F)c3)nn2-c2ccc(Br)cc2)n1. The summed E-state index contributed by atoms with van der Waals surface area (Å²) in [5, 5.41) is 9.12. The molecule has 0 aliphatic rings. The molecular weight excluding hydrogens is 423 g/mol. The minimum Gasteiger partial charge on any atom is -0.269 e. The molecule has 0 N–H and O–H groups in total. The van der Waals surface area contributed by atoms with Crippen LogP contribution in [-0.2, 0) is 13.0 Å². The lowest BCUT2D eigenvalue weighted by Gasteiger charge is -2.07. The molecule has 0 aliphatic carbocycles. The molecule has 6 nitrogen and oxygen atoms in total. The highest BCUT2D eigenvalue weighted by Gasteiger charge is 2.15. The summed E-state index contributed by atoms with van der Waals surface area (Å²) in [6.07, 6.45) is 3.36. The van der Waals surface area contributed by atoms with Gasteiger partial charge >= 0.3 is 0 Å². The van der Waals surface area contributed by atoms with Crippen molar-refractivity contribution in [2.45, 2.75) is 26.8 Å². The highest BCUT2D eigenvalue weighted by Crippen LogP contribution is 2.20. The number of nitrogens with zero attached hydrogens (tertiary/aromatic N) is 6. The third kappa shape index (κ3) is 3.87. The van der Waals surface area contributed by atoms with Crippen LogP contribution in [0.1, 0.15) is 17.2 Å². The van der Waals surface area contributed by atoms with Crippen LogP contribution < -0.4 is 0 Å². The summed E-state index contributed by atoms with van der Waals surface area (Å²) in [5.41, 5.74) is 3.51. The highest BCUT2D eigenvalue weighted by molar-refractivity contribution is 9.10. The van der Waals surface area contributed by atoms with Gasteiger partial charge in [0.25, 0.3) is 0 Å². The predicted molar refractivity (Wildman–Crippen MR) is 108 cm³/mol. The van der Waals surface area contributed by atoms with Gasteiger partial charge in [-0.05, 0) is 50.2 Å².